The Bertz CT molecular complexity index is 277. The second-order valence-corrected chi connectivity index (χ2v) is 4.50. The predicted molar refractivity (Wildman–Crippen MR) is 65.9 cm³/mol. The summed E-state index contributed by atoms with van der Waals surface area (Å²) in [4.78, 5) is 11.4. The first-order valence-electron chi connectivity index (χ1n) is 4.78. The van der Waals surface area contributed by atoms with Gasteiger partial charge in [-0.05, 0) is 17.9 Å². The third kappa shape index (κ3) is 5.30. The minimum Gasteiger partial charge on any atom is -0.381 e. The second kappa shape index (κ2) is 7.84. The van der Waals surface area contributed by atoms with E-state index in [0.29, 0.717) is 13.2 Å². The van der Waals surface area contributed by atoms with Crippen LogP contribution < -0.4 is 5.32 Å². The highest BCUT2D eigenvalue weighted by molar-refractivity contribution is 9.09. The molecule has 3 nitrogen and oxygen atoms in total. The van der Waals surface area contributed by atoms with E-state index in [-0.39, 0.29) is 5.91 Å². The van der Waals surface area contributed by atoms with Crippen molar-refractivity contribution in [1.82, 2.24) is 5.32 Å². The second-order valence-electron chi connectivity index (χ2n) is 2.92. The first-order valence-corrected chi connectivity index (χ1v) is 6.85. The quantitative estimate of drug-likeness (QED) is 0.618. The number of carbonyl (C=O) groups excluding carboxylic acids is 1. The van der Waals surface area contributed by atoms with Crippen LogP contribution in [0.4, 0.5) is 0 Å². The fourth-order valence-corrected chi connectivity index (χ4v) is 1.89. The molecule has 0 radical (unpaired) electrons. The summed E-state index contributed by atoms with van der Waals surface area (Å²) in [6, 6.07) is 1.82. The molecule has 5 heteroatoms. The third-order valence-corrected chi connectivity index (χ3v) is 2.76. The number of alkyl halides is 1. The zero-order chi connectivity index (χ0) is 10.9. The lowest BCUT2D eigenvalue weighted by atomic mass is 10.3. The third-order valence-electron chi connectivity index (χ3n) is 1.76. The molecule has 0 saturated carbocycles. The minimum absolute atomic E-state index is 0.00302. The molecule has 0 aromatic carbocycles. The normalized spacial score (nSPS) is 10.2. The van der Waals surface area contributed by atoms with Gasteiger partial charge < -0.3 is 10.1 Å². The number of ether oxygens (including phenoxy) is 1. The zero-order valence-electron chi connectivity index (χ0n) is 8.37. The summed E-state index contributed by atoms with van der Waals surface area (Å²) in [6.07, 6.45) is 0.850. The van der Waals surface area contributed by atoms with Crippen molar-refractivity contribution in [3.8, 4) is 0 Å². The van der Waals surface area contributed by atoms with Gasteiger partial charge in [0.1, 0.15) is 0 Å². The van der Waals surface area contributed by atoms with Crippen molar-refractivity contribution in [2.24, 2.45) is 0 Å². The van der Waals surface area contributed by atoms with Gasteiger partial charge in [-0.15, -0.1) is 0 Å². The highest BCUT2D eigenvalue weighted by atomic mass is 79.9. The van der Waals surface area contributed by atoms with Crippen molar-refractivity contribution in [3.63, 3.8) is 0 Å². The van der Waals surface area contributed by atoms with Gasteiger partial charge >= 0.3 is 0 Å². The van der Waals surface area contributed by atoms with E-state index in [0.717, 1.165) is 23.9 Å². The molecule has 0 fully saturated rings. The molecule has 1 rings (SSSR count). The number of amides is 1. The molecule has 0 saturated heterocycles. The number of carbonyl (C=O) groups is 1. The maximum absolute atomic E-state index is 11.4. The topological polar surface area (TPSA) is 38.3 Å². The van der Waals surface area contributed by atoms with Crippen molar-refractivity contribution in [1.29, 1.82) is 0 Å². The fourth-order valence-electron chi connectivity index (χ4n) is 1.03. The molecule has 1 aromatic heterocycles. The molecule has 0 bridgehead atoms. The van der Waals surface area contributed by atoms with E-state index >= 15 is 0 Å². The van der Waals surface area contributed by atoms with Crippen LogP contribution in [0, 0.1) is 0 Å². The first kappa shape index (κ1) is 12.7. The number of hydrogen-bond donors (Lipinski definition) is 1. The summed E-state index contributed by atoms with van der Waals surface area (Å²) in [5.41, 5.74) is 0.737. The van der Waals surface area contributed by atoms with Gasteiger partial charge in [0.25, 0.3) is 5.91 Å². The van der Waals surface area contributed by atoms with Gasteiger partial charge in [0.05, 0.1) is 6.61 Å². The maximum atomic E-state index is 11.4. The Morgan fingerprint density at radius 3 is 3.07 bits per heavy atom. The van der Waals surface area contributed by atoms with Crippen molar-refractivity contribution in [3.05, 3.63) is 22.4 Å². The summed E-state index contributed by atoms with van der Waals surface area (Å²) in [6.45, 7) is 2.07. The Morgan fingerprint density at radius 2 is 2.40 bits per heavy atom. The fraction of sp³-hybridized carbons (Fsp3) is 0.500. The van der Waals surface area contributed by atoms with Crippen LogP contribution in [0.15, 0.2) is 16.8 Å². The Labute approximate surface area is 102 Å². The minimum atomic E-state index is -0.00302. The first-order chi connectivity index (χ1) is 7.34. The van der Waals surface area contributed by atoms with Crippen LogP contribution in [0.3, 0.4) is 0 Å². The van der Waals surface area contributed by atoms with E-state index in [1.54, 1.807) is 0 Å². The van der Waals surface area contributed by atoms with E-state index < -0.39 is 0 Å². The molecule has 1 amide bonds. The number of nitrogens with one attached hydrogen (secondary N) is 1. The van der Waals surface area contributed by atoms with Gasteiger partial charge in [0, 0.05) is 29.4 Å². The van der Waals surface area contributed by atoms with Crippen LogP contribution in [-0.2, 0) is 4.74 Å². The van der Waals surface area contributed by atoms with E-state index in [1.807, 2.05) is 16.8 Å². The Balaban J connectivity index is 2.03. The summed E-state index contributed by atoms with van der Waals surface area (Å²) in [5, 5.41) is 7.43. The SMILES string of the molecule is O=C(NCCCOCCBr)c1ccsc1. The van der Waals surface area contributed by atoms with Crippen molar-refractivity contribution in [2.75, 3.05) is 25.1 Å². The van der Waals surface area contributed by atoms with Gasteiger partial charge in [0.2, 0.25) is 0 Å². The van der Waals surface area contributed by atoms with Crippen LogP contribution in [0.5, 0.6) is 0 Å². The number of thiophene rings is 1. The molecule has 1 aromatic rings. The van der Waals surface area contributed by atoms with Crippen LogP contribution in [0.1, 0.15) is 16.8 Å². The lowest BCUT2D eigenvalue weighted by molar-refractivity contribution is 0.0945. The molecule has 0 aliphatic heterocycles. The van der Waals surface area contributed by atoms with Gasteiger partial charge in [-0.25, -0.2) is 0 Å². The van der Waals surface area contributed by atoms with Gasteiger partial charge in [0.15, 0.2) is 0 Å². The molecular formula is C10H14BrNO2S. The van der Waals surface area contributed by atoms with Crippen LogP contribution in [-0.4, -0.2) is 31.0 Å². The van der Waals surface area contributed by atoms with Crippen LogP contribution in [0.2, 0.25) is 0 Å². The number of halogens is 1. The summed E-state index contributed by atoms with van der Waals surface area (Å²) in [7, 11) is 0. The van der Waals surface area contributed by atoms with Gasteiger partial charge in [-0.2, -0.15) is 11.3 Å². The number of hydrogen-bond acceptors (Lipinski definition) is 3. The monoisotopic (exact) mass is 291 g/mol. The molecule has 84 valence electrons. The van der Waals surface area contributed by atoms with Crippen LogP contribution >= 0.6 is 27.3 Å². The highest BCUT2D eigenvalue weighted by Gasteiger charge is 2.03. The maximum Gasteiger partial charge on any atom is 0.252 e. The predicted octanol–water partition coefficient (Wildman–Crippen LogP) is 2.28. The van der Waals surface area contributed by atoms with Gasteiger partial charge in [-0.3, -0.25) is 4.79 Å². The molecular weight excluding hydrogens is 278 g/mol. The van der Waals surface area contributed by atoms with Crippen LogP contribution in [0.25, 0.3) is 0 Å². The Morgan fingerprint density at radius 1 is 1.53 bits per heavy atom. The lowest BCUT2D eigenvalue weighted by Crippen LogP contribution is -2.24. The van der Waals surface area contributed by atoms with Gasteiger partial charge in [-0.1, -0.05) is 15.9 Å². The molecule has 1 heterocycles. The average Bonchev–Trinajstić information content (AvgIpc) is 2.76. The molecule has 0 aliphatic rings. The Hall–Kier alpha value is -0.390. The van der Waals surface area contributed by atoms with E-state index in [9.17, 15) is 4.79 Å². The van der Waals surface area contributed by atoms with Crippen molar-refractivity contribution >= 4 is 33.2 Å². The largest absolute Gasteiger partial charge is 0.381 e. The zero-order valence-corrected chi connectivity index (χ0v) is 10.8. The average molecular weight is 292 g/mol. The van der Waals surface area contributed by atoms with E-state index in [2.05, 4.69) is 21.2 Å². The molecule has 0 aliphatic carbocycles. The van der Waals surface area contributed by atoms with Crippen molar-refractivity contribution < 1.29 is 9.53 Å². The van der Waals surface area contributed by atoms with E-state index in [1.165, 1.54) is 11.3 Å². The van der Waals surface area contributed by atoms with Crippen molar-refractivity contribution in [2.45, 2.75) is 6.42 Å². The summed E-state index contributed by atoms with van der Waals surface area (Å²) >= 11 is 4.80. The summed E-state index contributed by atoms with van der Waals surface area (Å²) in [5.74, 6) is -0.00302. The molecule has 0 unspecified atom stereocenters. The lowest BCUT2D eigenvalue weighted by Gasteiger charge is -2.04. The smallest absolute Gasteiger partial charge is 0.252 e. The molecule has 1 N–H and O–H groups in total. The highest BCUT2D eigenvalue weighted by Crippen LogP contribution is 2.04. The van der Waals surface area contributed by atoms with E-state index in [4.69, 9.17) is 4.74 Å². The Kier molecular flexibility index (Phi) is 6.63. The molecule has 0 spiro atoms. The molecule has 15 heavy (non-hydrogen) atoms. The standard InChI is InChI=1S/C10H14BrNO2S/c11-3-6-14-5-1-4-12-10(13)9-2-7-15-8-9/h2,7-8H,1,3-6H2,(H,12,13). The summed E-state index contributed by atoms with van der Waals surface area (Å²) < 4.78 is 5.26. The molecule has 0 atom stereocenters. The number of rotatable bonds is 7.